The summed E-state index contributed by atoms with van der Waals surface area (Å²) in [6, 6.07) is 5.01. The highest BCUT2D eigenvalue weighted by Gasteiger charge is 2.23. The van der Waals surface area contributed by atoms with Crippen molar-refractivity contribution in [3.05, 3.63) is 23.8 Å². The van der Waals surface area contributed by atoms with Crippen molar-refractivity contribution in [2.75, 3.05) is 44.9 Å². The van der Waals surface area contributed by atoms with Crippen molar-refractivity contribution in [3.8, 4) is 0 Å². The van der Waals surface area contributed by atoms with Gasteiger partial charge in [-0.25, -0.2) is 13.1 Å². The molecule has 7 nitrogen and oxygen atoms in total. The van der Waals surface area contributed by atoms with Crippen LogP contribution in [0.1, 0.15) is 24.8 Å². The molecule has 25 heavy (non-hydrogen) atoms. The van der Waals surface area contributed by atoms with E-state index in [4.69, 9.17) is 9.47 Å². The van der Waals surface area contributed by atoms with Crippen molar-refractivity contribution < 1.29 is 22.7 Å². The summed E-state index contributed by atoms with van der Waals surface area (Å²) in [5.74, 6) is 0.0848. The Labute approximate surface area is 149 Å². The second-order valence-corrected chi connectivity index (χ2v) is 7.69. The lowest BCUT2D eigenvalue weighted by atomic mass is 10.2. The van der Waals surface area contributed by atoms with Crippen molar-refractivity contribution >= 4 is 21.6 Å². The van der Waals surface area contributed by atoms with Gasteiger partial charge in [-0.2, -0.15) is 0 Å². The van der Waals surface area contributed by atoms with Crippen molar-refractivity contribution in [3.63, 3.8) is 0 Å². The normalized spacial score (nSPS) is 15.1. The zero-order valence-corrected chi connectivity index (χ0v) is 15.6. The Kier molecular flexibility index (Phi) is 7.37. The van der Waals surface area contributed by atoms with Crippen LogP contribution >= 0.6 is 0 Å². The van der Waals surface area contributed by atoms with Gasteiger partial charge in [-0.3, -0.25) is 4.79 Å². The summed E-state index contributed by atoms with van der Waals surface area (Å²) >= 11 is 0. The molecule has 0 aromatic heterocycles. The first-order valence-corrected chi connectivity index (χ1v) is 9.91. The lowest BCUT2D eigenvalue weighted by Crippen LogP contribution is -2.27. The lowest BCUT2D eigenvalue weighted by molar-refractivity contribution is -0.117. The fourth-order valence-electron chi connectivity index (χ4n) is 2.73. The van der Waals surface area contributed by atoms with Gasteiger partial charge in [0, 0.05) is 38.9 Å². The van der Waals surface area contributed by atoms with Crippen LogP contribution in [0.25, 0.3) is 0 Å². The van der Waals surface area contributed by atoms with Gasteiger partial charge in [-0.05, 0) is 43.5 Å². The van der Waals surface area contributed by atoms with Crippen LogP contribution in [0.5, 0.6) is 0 Å². The van der Waals surface area contributed by atoms with E-state index in [0.717, 1.165) is 12.1 Å². The molecule has 2 rings (SSSR count). The minimum atomic E-state index is -3.58. The Bertz CT molecular complexity index is 690. The Morgan fingerprint density at radius 2 is 2.04 bits per heavy atom. The molecule has 0 spiro atoms. The van der Waals surface area contributed by atoms with Crippen LogP contribution in [0.3, 0.4) is 0 Å². The number of carbonyl (C=O) groups is 1. The van der Waals surface area contributed by atoms with Gasteiger partial charge >= 0.3 is 0 Å². The SMILES string of the molecule is COCCOCCCNS(=O)(=O)c1ccc(N2CCCC2=O)cc1C. The Hall–Kier alpha value is -1.48. The van der Waals surface area contributed by atoms with E-state index in [-0.39, 0.29) is 10.8 Å². The van der Waals surface area contributed by atoms with Crippen LogP contribution in [0.15, 0.2) is 23.1 Å². The number of carbonyl (C=O) groups excluding carboxylic acids is 1. The number of amides is 1. The maximum absolute atomic E-state index is 12.4. The molecular weight excluding hydrogens is 344 g/mol. The number of nitrogens with zero attached hydrogens (tertiary/aromatic N) is 1. The summed E-state index contributed by atoms with van der Waals surface area (Å²) < 4.78 is 37.6. The number of rotatable bonds is 10. The van der Waals surface area contributed by atoms with Gasteiger partial charge in [0.2, 0.25) is 15.9 Å². The molecule has 0 saturated carbocycles. The Morgan fingerprint density at radius 1 is 1.24 bits per heavy atom. The van der Waals surface area contributed by atoms with Crippen molar-refractivity contribution in [2.45, 2.75) is 31.1 Å². The molecule has 0 aliphatic carbocycles. The molecule has 0 unspecified atom stereocenters. The molecule has 1 aromatic rings. The molecule has 140 valence electrons. The quantitative estimate of drug-likeness (QED) is 0.630. The van der Waals surface area contributed by atoms with Gasteiger partial charge in [0.15, 0.2) is 0 Å². The third-order valence-corrected chi connectivity index (χ3v) is 5.64. The van der Waals surface area contributed by atoms with Crippen LogP contribution in [0, 0.1) is 6.92 Å². The molecule has 1 heterocycles. The zero-order chi connectivity index (χ0) is 18.3. The molecule has 0 bridgehead atoms. The van der Waals surface area contributed by atoms with Crippen molar-refractivity contribution in [1.29, 1.82) is 0 Å². The predicted molar refractivity (Wildman–Crippen MR) is 95.3 cm³/mol. The molecular formula is C17H26N2O5S. The summed E-state index contributed by atoms with van der Waals surface area (Å²) in [7, 11) is -1.97. The molecule has 1 saturated heterocycles. The zero-order valence-electron chi connectivity index (χ0n) is 14.8. The van der Waals surface area contributed by atoms with Crippen molar-refractivity contribution in [2.24, 2.45) is 0 Å². The third-order valence-electron chi connectivity index (χ3n) is 4.02. The van der Waals surface area contributed by atoms with Gasteiger partial charge in [0.05, 0.1) is 18.1 Å². The van der Waals surface area contributed by atoms with Gasteiger partial charge in [0.1, 0.15) is 0 Å². The monoisotopic (exact) mass is 370 g/mol. The average molecular weight is 370 g/mol. The molecule has 1 amide bonds. The maximum Gasteiger partial charge on any atom is 0.240 e. The lowest BCUT2D eigenvalue weighted by Gasteiger charge is -2.17. The summed E-state index contributed by atoms with van der Waals surface area (Å²) in [6.45, 7) is 4.23. The summed E-state index contributed by atoms with van der Waals surface area (Å²) in [4.78, 5) is 13.8. The van der Waals surface area contributed by atoms with Crippen LogP contribution in [0.4, 0.5) is 5.69 Å². The van der Waals surface area contributed by atoms with Gasteiger partial charge < -0.3 is 14.4 Å². The first-order chi connectivity index (χ1) is 12.0. The number of sulfonamides is 1. The van der Waals surface area contributed by atoms with Gasteiger partial charge in [-0.1, -0.05) is 0 Å². The second kappa shape index (κ2) is 9.28. The number of anilines is 1. The van der Waals surface area contributed by atoms with E-state index in [0.29, 0.717) is 51.3 Å². The van der Waals surface area contributed by atoms with E-state index in [1.54, 1.807) is 37.1 Å². The summed E-state index contributed by atoms with van der Waals surface area (Å²) in [5.41, 5.74) is 1.38. The topological polar surface area (TPSA) is 84.9 Å². The summed E-state index contributed by atoms with van der Waals surface area (Å²) in [5, 5.41) is 0. The highest BCUT2D eigenvalue weighted by molar-refractivity contribution is 7.89. The number of nitrogens with one attached hydrogen (secondary N) is 1. The third kappa shape index (κ3) is 5.50. The maximum atomic E-state index is 12.4. The number of methoxy groups -OCH3 is 1. The number of benzene rings is 1. The number of ether oxygens (including phenoxy) is 2. The highest BCUT2D eigenvalue weighted by atomic mass is 32.2. The van der Waals surface area contributed by atoms with E-state index in [2.05, 4.69) is 4.72 Å². The summed E-state index contributed by atoms with van der Waals surface area (Å²) in [6.07, 6.45) is 1.97. The van der Waals surface area contributed by atoms with Crippen LogP contribution in [-0.2, 0) is 24.3 Å². The van der Waals surface area contributed by atoms with E-state index in [1.807, 2.05) is 0 Å². The molecule has 0 atom stereocenters. The van der Waals surface area contributed by atoms with E-state index in [9.17, 15) is 13.2 Å². The first-order valence-electron chi connectivity index (χ1n) is 8.43. The van der Waals surface area contributed by atoms with Crippen LogP contribution in [-0.4, -0.2) is 54.3 Å². The fraction of sp³-hybridized carbons (Fsp3) is 0.588. The number of aryl methyl sites for hydroxylation is 1. The molecule has 1 N–H and O–H groups in total. The number of hydrogen-bond donors (Lipinski definition) is 1. The van der Waals surface area contributed by atoms with Crippen LogP contribution in [0.2, 0.25) is 0 Å². The standard InChI is InChI=1S/C17H26N2O5S/c1-14-13-15(19-9-3-5-17(19)20)6-7-16(14)25(21,22)18-8-4-10-24-12-11-23-2/h6-7,13,18H,3-5,8-12H2,1-2H3. The van der Waals surface area contributed by atoms with E-state index >= 15 is 0 Å². The molecule has 8 heteroatoms. The minimum absolute atomic E-state index is 0.0848. The van der Waals surface area contributed by atoms with Gasteiger partial charge in [-0.15, -0.1) is 0 Å². The van der Waals surface area contributed by atoms with Crippen molar-refractivity contribution in [1.82, 2.24) is 4.72 Å². The van der Waals surface area contributed by atoms with E-state index < -0.39 is 10.0 Å². The minimum Gasteiger partial charge on any atom is -0.382 e. The van der Waals surface area contributed by atoms with E-state index in [1.165, 1.54) is 0 Å². The molecule has 1 aromatic carbocycles. The fourth-order valence-corrected chi connectivity index (χ4v) is 4.03. The molecule has 1 fully saturated rings. The Balaban J connectivity index is 1.91. The predicted octanol–water partition coefficient (Wildman–Crippen LogP) is 1.45. The molecule has 0 radical (unpaired) electrons. The molecule has 1 aliphatic heterocycles. The smallest absolute Gasteiger partial charge is 0.240 e. The second-order valence-electron chi connectivity index (χ2n) is 5.96. The number of hydrogen-bond acceptors (Lipinski definition) is 5. The van der Waals surface area contributed by atoms with Crippen LogP contribution < -0.4 is 9.62 Å². The first kappa shape index (κ1) is 19.8. The largest absolute Gasteiger partial charge is 0.382 e. The van der Waals surface area contributed by atoms with Gasteiger partial charge in [0.25, 0.3) is 0 Å². The Morgan fingerprint density at radius 3 is 2.68 bits per heavy atom. The highest BCUT2D eigenvalue weighted by Crippen LogP contribution is 2.25. The molecule has 1 aliphatic rings. The average Bonchev–Trinajstić information content (AvgIpc) is 2.99.